The first kappa shape index (κ1) is 9.65. The highest BCUT2D eigenvalue weighted by Crippen LogP contribution is 2.20. The van der Waals surface area contributed by atoms with Gasteiger partial charge in [-0.25, -0.2) is 4.79 Å². The van der Waals surface area contributed by atoms with Gasteiger partial charge in [0.2, 0.25) is 0 Å². The fourth-order valence-corrected chi connectivity index (χ4v) is 1.67. The van der Waals surface area contributed by atoms with Crippen LogP contribution in [0.5, 0.6) is 0 Å². The van der Waals surface area contributed by atoms with Crippen molar-refractivity contribution in [1.82, 2.24) is 4.98 Å². The summed E-state index contributed by atoms with van der Waals surface area (Å²) in [4.78, 5) is 15.7. The van der Waals surface area contributed by atoms with Gasteiger partial charge in [-0.2, -0.15) is 0 Å². The molecule has 2 aromatic rings. The van der Waals surface area contributed by atoms with Gasteiger partial charge in [-0.15, -0.1) is 0 Å². The zero-order chi connectivity index (χ0) is 10.8. The Balaban J connectivity index is 2.80. The van der Waals surface area contributed by atoms with E-state index in [-0.39, 0.29) is 5.97 Å². The van der Waals surface area contributed by atoms with Gasteiger partial charge in [0.1, 0.15) is 0 Å². The summed E-state index contributed by atoms with van der Waals surface area (Å²) in [5.74, 6) is -0.322. The van der Waals surface area contributed by atoms with Crippen LogP contribution in [0.4, 0.5) is 0 Å². The van der Waals surface area contributed by atoms with E-state index in [0.29, 0.717) is 5.56 Å². The summed E-state index contributed by atoms with van der Waals surface area (Å²) in [5, 5.41) is 0.867. The number of aromatic nitrogens is 1. The molecule has 0 N–H and O–H groups in total. The number of rotatable bonds is 1. The second-order valence-corrected chi connectivity index (χ2v) is 3.32. The number of ether oxygens (including phenoxy) is 1. The Hall–Kier alpha value is -1.90. The molecular formula is C12H11NO2. The van der Waals surface area contributed by atoms with Crippen molar-refractivity contribution in [2.45, 2.75) is 6.92 Å². The van der Waals surface area contributed by atoms with E-state index >= 15 is 0 Å². The van der Waals surface area contributed by atoms with Crippen LogP contribution in [0, 0.1) is 6.92 Å². The molecule has 0 aliphatic rings. The normalized spacial score (nSPS) is 10.3. The highest BCUT2D eigenvalue weighted by Gasteiger charge is 2.11. The fourth-order valence-electron chi connectivity index (χ4n) is 1.67. The maximum absolute atomic E-state index is 11.5. The van der Waals surface area contributed by atoms with E-state index in [0.717, 1.165) is 16.5 Å². The molecule has 0 radical (unpaired) electrons. The van der Waals surface area contributed by atoms with Crippen molar-refractivity contribution in [3.63, 3.8) is 0 Å². The zero-order valence-electron chi connectivity index (χ0n) is 8.65. The van der Waals surface area contributed by atoms with Crippen LogP contribution >= 0.6 is 0 Å². The topological polar surface area (TPSA) is 39.2 Å². The lowest BCUT2D eigenvalue weighted by molar-refractivity contribution is 0.0603. The molecule has 0 fully saturated rings. The van der Waals surface area contributed by atoms with Crippen LogP contribution in [-0.2, 0) is 4.74 Å². The van der Waals surface area contributed by atoms with E-state index in [1.807, 2.05) is 25.1 Å². The van der Waals surface area contributed by atoms with E-state index in [9.17, 15) is 4.79 Å². The van der Waals surface area contributed by atoms with Crippen LogP contribution in [0.2, 0.25) is 0 Å². The zero-order valence-corrected chi connectivity index (χ0v) is 8.65. The average Bonchev–Trinajstić information content (AvgIpc) is 2.28. The third-order valence-corrected chi connectivity index (χ3v) is 2.38. The van der Waals surface area contributed by atoms with Crippen molar-refractivity contribution >= 4 is 16.9 Å². The van der Waals surface area contributed by atoms with Gasteiger partial charge in [0, 0.05) is 11.6 Å². The molecule has 76 valence electrons. The SMILES string of the molecule is COC(=O)c1ccnc2cccc(C)c12. The molecule has 0 saturated heterocycles. The lowest BCUT2D eigenvalue weighted by Gasteiger charge is -2.06. The van der Waals surface area contributed by atoms with Gasteiger partial charge in [-0.3, -0.25) is 4.98 Å². The molecule has 1 aromatic heterocycles. The van der Waals surface area contributed by atoms with Gasteiger partial charge in [-0.05, 0) is 24.6 Å². The number of hydrogen-bond donors (Lipinski definition) is 0. The molecule has 0 saturated carbocycles. The summed E-state index contributed by atoms with van der Waals surface area (Å²) < 4.78 is 4.73. The van der Waals surface area contributed by atoms with Crippen LogP contribution < -0.4 is 0 Å². The van der Waals surface area contributed by atoms with Crippen molar-refractivity contribution in [2.24, 2.45) is 0 Å². The molecule has 3 nitrogen and oxygen atoms in total. The predicted octanol–water partition coefficient (Wildman–Crippen LogP) is 2.33. The fraction of sp³-hybridized carbons (Fsp3) is 0.167. The van der Waals surface area contributed by atoms with E-state index < -0.39 is 0 Å². The van der Waals surface area contributed by atoms with Crippen molar-refractivity contribution < 1.29 is 9.53 Å². The molecule has 15 heavy (non-hydrogen) atoms. The van der Waals surface area contributed by atoms with Gasteiger partial charge in [0.25, 0.3) is 0 Å². The number of methoxy groups -OCH3 is 1. The number of carbonyl (C=O) groups excluding carboxylic acids is 1. The first-order valence-corrected chi connectivity index (χ1v) is 4.66. The number of hydrogen-bond acceptors (Lipinski definition) is 3. The lowest BCUT2D eigenvalue weighted by Crippen LogP contribution is -2.03. The molecule has 1 heterocycles. The summed E-state index contributed by atoms with van der Waals surface area (Å²) >= 11 is 0. The number of pyridine rings is 1. The molecule has 1 aromatic carbocycles. The number of carbonyl (C=O) groups is 1. The number of esters is 1. The van der Waals surface area contributed by atoms with Crippen molar-refractivity contribution in [2.75, 3.05) is 7.11 Å². The molecule has 3 heteroatoms. The highest BCUT2D eigenvalue weighted by atomic mass is 16.5. The van der Waals surface area contributed by atoms with Gasteiger partial charge < -0.3 is 4.74 Å². The molecule has 0 spiro atoms. The minimum atomic E-state index is -0.322. The summed E-state index contributed by atoms with van der Waals surface area (Å²) in [7, 11) is 1.38. The Kier molecular flexibility index (Phi) is 2.37. The quantitative estimate of drug-likeness (QED) is 0.665. The smallest absolute Gasteiger partial charge is 0.338 e. The first-order valence-electron chi connectivity index (χ1n) is 4.66. The molecule has 0 aliphatic heterocycles. The van der Waals surface area contributed by atoms with Crippen LogP contribution in [0.1, 0.15) is 15.9 Å². The second kappa shape index (κ2) is 3.69. The molecule has 0 bridgehead atoms. The number of benzene rings is 1. The minimum absolute atomic E-state index is 0.322. The maximum Gasteiger partial charge on any atom is 0.338 e. The third kappa shape index (κ3) is 1.56. The van der Waals surface area contributed by atoms with E-state index in [1.54, 1.807) is 12.3 Å². The molecule has 0 amide bonds. The van der Waals surface area contributed by atoms with E-state index in [4.69, 9.17) is 4.74 Å². The Morgan fingerprint density at radius 1 is 1.33 bits per heavy atom. The first-order chi connectivity index (χ1) is 7.24. The van der Waals surface area contributed by atoms with Crippen molar-refractivity contribution in [3.8, 4) is 0 Å². The summed E-state index contributed by atoms with van der Waals surface area (Å²) in [5.41, 5.74) is 2.42. The van der Waals surface area contributed by atoms with Gasteiger partial charge in [0.05, 0.1) is 18.2 Å². The largest absolute Gasteiger partial charge is 0.465 e. The Bertz CT molecular complexity index is 515. The van der Waals surface area contributed by atoms with Gasteiger partial charge in [-0.1, -0.05) is 12.1 Å². The standard InChI is InChI=1S/C12H11NO2/c1-8-4-3-5-10-11(8)9(6-7-13-10)12(14)15-2/h3-7H,1-2H3. The summed E-state index contributed by atoms with van der Waals surface area (Å²) in [6.45, 7) is 1.95. The van der Waals surface area contributed by atoms with E-state index in [2.05, 4.69) is 4.98 Å². The third-order valence-electron chi connectivity index (χ3n) is 2.38. The minimum Gasteiger partial charge on any atom is -0.465 e. The molecule has 0 aliphatic carbocycles. The Morgan fingerprint density at radius 3 is 2.87 bits per heavy atom. The Labute approximate surface area is 87.7 Å². The number of aryl methyl sites for hydroxylation is 1. The van der Waals surface area contributed by atoms with Crippen LogP contribution in [0.25, 0.3) is 10.9 Å². The number of fused-ring (bicyclic) bond motifs is 1. The number of nitrogens with zero attached hydrogens (tertiary/aromatic N) is 1. The van der Waals surface area contributed by atoms with Crippen LogP contribution in [0.3, 0.4) is 0 Å². The molecule has 0 unspecified atom stereocenters. The highest BCUT2D eigenvalue weighted by molar-refractivity contribution is 6.04. The lowest BCUT2D eigenvalue weighted by atomic mass is 10.0. The van der Waals surface area contributed by atoms with Gasteiger partial charge >= 0.3 is 5.97 Å². The molecular weight excluding hydrogens is 190 g/mol. The molecule has 0 atom stereocenters. The van der Waals surface area contributed by atoms with Crippen LogP contribution in [0.15, 0.2) is 30.5 Å². The van der Waals surface area contributed by atoms with Crippen molar-refractivity contribution in [3.05, 3.63) is 41.6 Å². The molecule has 2 rings (SSSR count). The van der Waals surface area contributed by atoms with Gasteiger partial charge in [0.15, 0.2) is 0 Å². The van der Waals surface area contributed by atoms with Crippen molar-refractivity contribution in [1.29, 1.82) is 0 Å². The summed E-state index contributed by atoms with van der Waals surface area (Å²) in [6, 6.07) is 7.44. The van der Waals surface area contributed by atoms with Crippen LogP contribution in [-0.4, -0.2) is 18.1 Å². The average molecular weight is 201 g/mol. The van der Waals surface area contributed by atoms with E-state index in [1.165, 1.54) is 7.11 Å². The monoisotopic (exact) mass is 201 g/mol. The predicted molar refractivity (Wildman–Crippen MR) is 57.8 cm³/mol. The Morgan fingerprint density at radius 2 is 2.13 bits per heavy atom. The maximum atomic E-state index is 11.5. The summed E-state index contributed by atoms with van der Waals surface area (Å²) in [6.07, 6.45) is 1.62. The second-order valence-electron chi connectivity index (χ2n) is 3.32.